The maximum atomic E-state index is 10.7. The molecule has 0 fully saturated rings. The second-order valence-electron chi connectivity index (χ2n) is 1.81. The van der Waals surface area contributed by atoms with E-state index in [4.69, 9.17) is 0 Å². The molecule has 1 aromatic rings. The van der Waals surface area contributed by atoms with Crippen LogP contribution in [0.2, 0.25) is 0 Å². The summed E-state index contributed by atoms with van der Waals surface area (Å²) in [5.41, 5.74) is 0.951. The van der Waals surface area contributed by atoms with Crippen molar-refractivity contribution in [1.82, 2.24) is 0 Å². The zero-order chi connectivity index (χ0) is 6.85. The highest BCUT2D eigenvalue weighted by molar-refractivity contribution is 9.10. The van der Waals surface area contributed by atoms with Crippen molar-refractivity contribution in [2.45, 2.75) is 6.92 Å². The van der Waals surface area contributed by atoms with Gasteiger partial charge >= 0.3 is 0 Å². The van der Waals surface area contributed by atoms with Crippen molar-refractivity contribution in [1.29, 1.82) is 0 Å². The summed E-state index contributed by atoms with van der Waals surface area (Å²) in [5, 5.41) is 10.7. The Kier molecular flexibility index (Phi) is 1.71. The molecule has 0 atom stereocenters. The number of pyridine rings is 1. The molecule has 3 heteroatoms. The zero-order valence-corrected chi connectivity index (χ0v) is 6.55. The minimum absolute atomic E-state index is 0.588. The van der Waals surface area contributed by atoms with Gasteiger partial charge < -0.3 is 5.21 Å². The van der Waals surface area contributed by atoms with E-state index < -0.39 is 0 Å². The summed E-state index contributed by atoms with van der Waals surface area (Å²) in [6.45, 7) is 1.87. The van der Waals surface area contributed by atoms with Crippen molar-refractivity contribution in [2.24, 2.45) is 0 Å². The van der Waals surface area contributed by atoms with Crippen molar-refractivity contribution in [2.75, 3.05) is 0 Å². The second-order valence-corrected chi connectivity index (χ2v) is 2.56. The van der Waals surface area contributed by atoms with Crippen molar-refractivity contribution in [3.63, 3.8) is 0 Å². The van der Waals surface area contributed by atoms with Crippen LogP contribution >= 0.6 is 15.9 Å². The summed E-state index contributed by atoms with van der Waals surface area (Å²) in [5.74, 6) is 0. The van der Waals surface area contributed by atoms with Gasteiger partial charge in [0.05, 0.1) is 0 Å². The number of hydrogen-bond acceptors (Lipinski definition) is 1. The van der Waals surface area contributed by atoms with Crippen LogP contribution in [0.3, 0.4) is 0 Å². The Morgan fingerprint density at radius 2 is 2.33 bits per heavy atom. The molecule has 0 spiro atoms. The monoisotopic (exact) mass is 187 g/mol. The quantitative estimate of drug-likeness (QED) is 0.343. The lowest BCUT2D eigenvalue weighted by Gasteiger charge is -1.98. The van der Waals surface area contributed by atoms with Gasteiger partial charge in [0.25, 0.3) is 4.60 Å². The number of nitrogens with zero attached hydrogens (tertiary/aromatic N) is 1. The molecule has 0 aliphatic rings. The van der Waals surface area contributed by atoms with Crippen LogP contribution in [-0.4, -0.2) is 0 Å². The SMILES string of the molecule is Cc1ccc[n+]([O-])c1Br. The van der Waals surface area contributed by atoms with Crippen LogP contribution in [-0.2, 0) is 0 Å². The minimum atomic E-state index is 0.588. The Labute approximate surface area is 61.8 Å². The molecule has 1 heterocycles. The molecule has 9 heavy (non-hydrogen) atoms. The average molecular weight is 188 g/mol. The molecule has 1 aromatic heterocycles. The maximum Gasteiger partial charge on any atom is 0.262 e. The lowest BCUT2D eigenvalue weighted by molar-refractivity contribution is -0.617. The van der Waals surface area contributed by atoms with E-state index in [9.17, 15) is 5.21 Å². The molecule has 0 aliphatic heterocycles. The lowest BCUT2D eigenvalue weighted by Crippen LogP contribution is -2.27. The van der Waals surface area contributed by atoms with Gasteiger partial charge in [-0.3, -0.25) is 0 Å². The first kappa shape index (κ1) is 6.55. The molecule has 0 N–H and O–H groups in total. The van der Waals surface area contributed by atoms with Crippen LogP contribution in [0.1, 0.15) is 5.56 Å². The molecule has 0 aromatic carbocycles. The van der Waals surface area contributed by atoms with E-state index in [1.165, 1.54) is 6.20 Å². The number of aromatic nitrogens is 1. The van der Waals surface area contributed by atoms with Crippen LogP contribution in [0, 0.1) is 12.1 Å². The number of aryl methyl sites for hydroxylation is 1. The third-order valence-corrected chi connectivity index (χ3v) is 2.06. The summed E-state index contributed by atoms with van der Waals surface area (Å²) in [6, 6.07) is 3.59. The third kappa shape index (κ3) is 1.21. The molecule has 0 saturated heterocycles. The first-order chi connectivity index (χ1) is 4.22. The Morgan fingerprint density at radius 3 is 2.78 bits per heavy atom. The highest BCUT2D eigenvalue weighted by Gasteiger charge is 2.00. The van der Waals surface area contributed by atoms with Gasteiger partial charge in [-0.05, 0) is 13.0 Å². The summed E-state index contributed by atoms with van der Waals surface area (Å²) in [7, 11) is 0. The van der Waals surface area contributed by atoms with Gasteiger partial charge in [-0.25, -0.2) is 0 Å². The van der Waals surface area contributed by atoms with Gasteiger partial charge in [-0.2, -0.15) is 4.73 Å². The Balaban J connectivity index is 3.25. The van der Waals surface area contributed by atoms with Crippen molar-refractivity contribution >= 4 is 15.9 Å². The first-order valence-electron chi connectivity index (χ1n) is 2.56. The lowest BCUT2D eigenvalue weighted by atomic mass is 10.3. The van der Waals surface area contributed by atoms with E-state index >= 15 is 0 Å². The van der Waals surface area contributed by atoms with E-state index in [1.807, 2.05) is 13.0 Å². The molecule has 0 bridgehead atoms. The van der Waals surface area contributed by atoms with E-state index in [-0.39, 0.29) is 0 Å². The summed E-state index contributed by atoms with van der Waals surface area (Å²) in [6.07, 6.45) is 1.46. The Hall–Kier alpha value is -0.570. The predicted octanol–water partition coefficient (Wildman–Crippen LogP) is 1.39. The van der Waals surface area contributed by atoms with Crippen LogP contribution in [0.5, 0.6) is 0 Å². The molecular weight excluding hydrogens is 182 g/mol. The molecule has 0 aliphatic carbocycles. The van der Waals surface area contributed by atoms with Gasteiger partial charge in [-0.15, -0.1) is 0 Å². The molecule has 0 unspecified atom stereocenters. The van der Waals surface area contributed by atoms with E-state index in [0.29, 0.717) is 4.60 Å². The Bertz CT molecular complexity index is 204. The molecule has 2 nitrogen and oxygen atoms in total. The van der Waals surface area contributed by atoms with Gasteiger partial charge in [0.1, 0.15) is 0 Å². The number of rotatable bonds is 0. The third-order valence-electron chi connectivity index (χ3n) is 1.09. The second kappa shape index (κ2) is 2.35. The van der Waals surface area contributed by atoms with E-state index in [2.05, 4.69) is 15.9 Å². The van der Waals surface area contributed by atoms with E-state index in [0.717, 1.165) is 10.3 Å². The molecule has 0 saturated carbocycles. The van der Waals surface area contributed by atoms with Crippen LogP contribution < -0.4 is 4.73 Å². The van der Waals surface area contributed by atoms with Crippen molar-refractivity contribution in [3.05, 3.63) is 33.7 Å². The molecule has 0 radical (unpaired) electrons. The summed E-state index contributed by atoms with van der Waals surface area (Å²) < 4.78 is 1.38. The molecule has 48 valence electrons. The van der Waals surface area contributed by atoms with E-state index in [1.54, 1.807) is 6.07 Å². The standard InChI is InChI=1S/C6H6BrNO/c1-5-3-2-4-8(9)6(5)7/h2-4H,1H3. The fourth-order valence-electron chi connectivity index (χ4n) is 0.574. The van der Waals surface area contributed by atoms with Gasteiger partial charge in [-0.1, -0.05) is 0 Å². The van der Waals surface area contributed by atoms with Crippen molar-refractivity contribution in [3.8, 4) is 0 Å². The van der Waals surface area contributed by atoms with Crippen LogP contribution in [0.15, 0.2) is 22.9 Å². The smallest absolute Gasteiger partial charge is 0.262 e. The predicted molar refractivity (Wildman–Crippen MR) is 37.8 cm³/mol. The number of halogens is 1. The van der Waals surface area contributed by atoms with Crippen LogP contribution in [0.4, 0.5) is 0 Å². The van der Waals surface area contributed by atoms with Gasteiger partial charge in [0.2, 0.25) is 0 Å². The fraction of sp³-hybridized carbons (Fsp3) is 0.167. The molecule has 0 amide bonds. The Morgan fingerprint density at radius 1 is 1.67 bits per heavy atom. The van der Waals surface area contributed by atoms with Gasteiger partial charge in [0.15, 0.2) is 6.20 Å². The average Bonchev–Trinajstić information content (AvgIpc) is 1.83. The molecule has 1 rings (SSSR count). The fourth-order valence-corrected chi connectivity index (χ4v) is 0.824. The van der Waals surface area contributed by atoms with Crippen LogP contribution in [0.25, 0.3) is 0 Å². The topological polar surface area (TPSA) is 26.9 Å². The number of hydrogen-bond donors (Lipinski definition) is 0. The highest BCUT2D eigenvalue weighted by Crippen LogP contribution is 2.07. The summed E-state index contributed by atoms with van der Waals surface area (Å²) >= 11 is 3.13. The first-order valence-corrected chi connectivity index (χ1v) is 3.35. The highest BCUT2D eigenvalue weighted by atomic mass is 79.9. The summed E-state index contributed by atoms with van der Waals surface area (Å²) in [4.78, 5) is 0. The maximum absolute atomic E-state index is 10.7. The minimum Gasteiger partial charge on any atom is -0.618 e. The van der Waals surface area contributed by atoms with Gasteiger partial charge in [0, 0.05) is 27.6 Å². The largest absolute Gasteiger partial charge is 0.618 e. The zero-order valence-electron chi connectivity index (χ0n) is 4.97. The normalized spacial score (nSPS) is 9.56. The van der Waals surface area contributed by atoms with Crippen molar-refractivity contribution < 1.29 is 4.73 Å². The molecular formula is C6H6BrNO.